The molecule has 0 aliphatic heterocycles. The van der Waals surface area contributed by atoms with Crippen LogP contribution in [0.25, 0.3) is 0 Å². The molecule has 0 bridgehead atoms. The number of thioether (sulfide) groups is 2. The summed E-state index contributed by atoms with van der Waals surface area (Å²) in [5.74, 6) is 3.86. The van der Waals surface area contributed by atoms with Gasteiger partial charge in [0.15, 0.2) is 0 Å². The van der Waals surface area contributed by atoms with Gasteiger partial charge in [-0.2, -0.15) is 23.5 Å². The van der Waals surface area contributed by atoms with Crippen molar-refractivity contribution < 1.29 is 0 Å². The van der Waals surface area contributed by atoms with Gasteiger partial charge in [0.1, 0.15) is 0 Å². The van der Waals surface area contributed by atoms with E-state index in [4.69, 9.17) is 0 Å². The molecule has 1 nitrogen and oxygen atoms in total. The maximum absolute atomic E-state index is 3.78. The predicted octanol–water partition coefficient (Wildman–Crippen LogP) is 3.78. The Morgan fingerprint density at radius 3 is 2.69 bits per heavy atom. The van der Waals surface area contributed by atoms with Crippen molar-refractivity contribution in [2.24, 2.45) is 0 Å². The largest absolute Gasteiger partial charge is 0.313 e. The Morgan fingerprint density at radius 2 is 1.94 bits per heavy atom. The van der Waals surface area contributed by atoms with Gasteiger partial charge in [-0.3, -0.25) is 0 Å². The van der Waals surface area contributed by atoms with Crippen molar-refractivity contribution in [1.29, 1.82) is 0 Å². The lowest BCUT2D eigenvalue weighted by Crippen LogP contribution is -2.41. The lowest BCUT2D eigenvalue weighted by molar-refractivity contribution is 0.385. The lowest BCUT2D eigenvalue weighted by Gasteiger charge is -2.31. The van der Waals surface area contributed by atoms with Crippen LogP contribution in [0, 0.1) is 0 Å². The van der Waals surface area contributed by atoms with E-state index in [1.165, 1.54) is 55.9 Å². The molecular weight excluding hydrogens is 234 g/mol. The van der Waals surface area contributed by atoms with Crippen LogP contribution in [0.1, 0.15) is 46.0 Å². The summed E-state index contributed by atoms with van der Waals surface area (Å²) in [5.41, 5.74) is 0. The molecule has 1 saturated carbocycles. The first-order valence-corrected chi connectivity index (χ1v) is 9.01. The van der Waals surface area contributed by atoms with Gasteiger partial charge in [-0.05, 0) is 43.1 Å². The Bertz CT molecular complexity index is 162. The van der Waals surface area contributed by atoms with Gasteiger partial charge in [0.2, 0.25) is 0 Å². The van der Waals surface area contributed by atoms with Crippen LogP contribution in [0.4, 0.5) is 0 Å². The van der Waals surface area contributed by atoms with Crippen molar-refractivity contribution in [2.75, 3.05) is 23.8 Å². The monoisotopic (exact) mass is 261 g/mol. The predicted molar refractivity (Wildman–Crippen MR) is 79.8 cm³/mol. The molecule has 0 aromatic rings. The summed E-state index contributed by atoms with van der Waals surface area (Å²) < 4.78 is 0. The summed E-state index contributed by atoms with van der Waals surface area (Å²) in [6, 6.07) is 0.797. The first kappa shape index (κ1) is 14.7. The highest BCUT2D eigenvalue weighted by molar-refractivity contribution is 8.00. The number of nitrogens with one attached hydrogen (secondary N) is 1. The smallest absolute Gasteiger partial charge is 0.0201 e. The number of rotatable bonds is 8. The van der Waals surface area contributed by atoms with Gasteiger partial charge in [-0.1, -0.05) is 26.7 Å². The molecule has 2 atom stereocenters. The summed E-state index contributed by atoms with van der Waals surface area (Å²) in [6.45, 7) is 5.75. The van der Waals surface area contributed by atoms with E-state index in [0.29, 0.717) is 0 Å². The van der Waals surface area contributed by atoms with Gasteiger partial charge in [-0.25, -0.2) is 0 Å². The summed E-state index contributed by atoms with van der Waals surface area (Å²) in [5, 5.41) is 4.67. The summed E-state index contributed by atoms with van der Waals surface area (Å²) in [7, 11) is 0. The highest BCUT2D eigenvalue weighted by Crippen LogP contribution is 2.28. The zero-order chi connectivity index (χ0) is 11.6. The van der Waals surface area contributed by atoms with Gasteiger partial charge in [0, 0.05) is 11.3 Å². The topological polar surface area (TPSA) is 12.0 Å². The van der Waals surface area contributed by atoms with Crippen molar-refractivity contribution in [2.45, 2.75) is 57.2 Å². The van der Waals surface area contributed by atoms with Gasteiger partial charge < -0.3 is 5.32 Å². The van der Waals surface area contributed by atoms with E-state index in [0.717, 1.165) is 11.3 Å². The number of hydrogen-bond acceptors (Lipinski definition) is 3. The molecule has 1 N–H and O–H groups in total. The molecule has 2 unspecified atom stereocenters. The quantitative estimate of drug-likeness (QED) is 0.668. The minimum atomic E-state index is 0.797. The summed E-state index contributed by atoms with van der Waals surface area (Å²) >= 11 is 4.22. The van der Waals surface area contributed by atoms with Crippen LogP contribution in [0.3, 0.4) is 0 Å². The third-order valence-electron chi connectivity index (χ3n) is 3.16. The van der Waals surface area contributed by atoms with E-state index in [-0.39, 0.29) is 0 Å². The summed E-state index contributed by atoms with van der Waals surface area (Å²) in [4.78, 5) is 0. The van der Waals surface area contributed by atoms with E-state index in [1.807, 2.05) is 0 Å². The zero-order valence-corrected chi connectivity index (χ0v) is 12.5. The lowest BCUT2D eigenvalue weighted by atomic mass is 9.95. The van der Waals surface area contributed by atoms with Crippen molar-refractivity contribution in [3.63, 3.8) is 0 Å². The Morgan fingerprint density at radius 1 is 1.12 bits per heavy atom. The Kier molecular flexibility index (Phi) is 8.89. The molecule has 96 valence electrons. The molecule has 1 fully saturated rings. The molecule has 0 aromatic heterocycles. The molecule has 0 aromatic carbocycles. The van der Waals surface area contributed by atoms with Crippen LogP contribution in [-0.2, 0) is 0 Å². The van der Waals surface area contributed by atoms with Crippen molar-refractivity contribution in [3.05, 3.63) is 0 Å². The minimum absolute atomic E-state index is 0.797. The second kappa shape index (κ2) is 9.67. The van der Waals surface area contributed by atoms with Gasteiger partial charge in [0.25, 0.3) is 0 Å². The van der Waals surface area contributed by atoms with Crippen LogP contribution in [0.2, 0.25) is 0 Å². The fourth-order valence-corrected chi connectivity index (χ4v) is 4.21. The molecule has 0 heterocycles. The van der Waals surface area contributed by atoms with E-state index >= 15 is 0 Å². The normalized spacial score (nSPS) is 25.9. The molecule has 3 heteroatoms. The summed E-state index contributed by atoms with van der Waals surface area (Å²) in [6.07, 6.45) is 7.04. The van der Waals surface area contributed by atoms with E-state index < -0.39 is 0 Å². The standard InChI is InChI=1S/C13H27NS2/c1-3-15-11-7-10-14-12-8-5-6-9-13(12)16-4-2/h12-14H,3-11H2,1-2H3. The number of hydrogen-bond donors (Lipinski definition) is 1. The molecule has 0 spiro atoms. The SMILES string of the molecule is CCSCCCNC1CCCCC1SCC. The highest BCUT2D eigenvalue weighted by Gasteiger charge is 2.23. The van der Waals surface area contributed by atoms with Crippen molar-refractivity contribution in [3.8, 4) is 0 Å². The maximum Gasteiger partial charge on any atom is 0.0201 e. The Labute approximate surface area is 110 Å². The van der Waals surface area contributed by atoms with Crippen LogP contribution in [0.5, 0.6) is 0 Å². The molecule has 0 saturated heterocycles. The Hall–Kier alpha value is 0.660. The first-order valence-electron chi connectivity index (χ1n) is 6.81. The Balaban J connectivity index is 2.11. The average Bonchev–Trinajstić information content (AvgIpc) is 2.31. The van der Waals surface area contributed by atoms with Crippen LogP contribution in [0.15, 0.2) is 0 Å². The van der Waals surface area contributed by atoms with Gasteiger partial charge in [0.05, 0.1) is 0 Å². The molecule has 16 heavy (non-hydrogen) atoms. The maximum atomic E-state index is 3.78. The first-order chi connectivity index (χ1) is 7.88. The third-order valence-corrected chi connectivity index (χ3v) is 5.47. The van der Waals surface area contributed by atoms with E-state index in [1.54, 1.807) is 0 Å². The van der Waals surface area contributed by atoms with Crippen molar-refractivity contribution in [1.82, 2.24) is 5.32 Å². The molecule has 1 aliphatic rings. The van der Waals surface area contributed by atoms with E-state index in [2.05, 4.69) is 42.7 Å². The second-order valence-electron chi connectivity index (χ2n) is 4.39. The van der Waals surface area contributed by atoms with Crippen molar-refractivity contribution >= 4 is 23.5 Å². The van der Waals surface area contributed by atoms with Crippen LogP contribution >= 0.6 is 23.5 Å². The highest BCUT2D eigenvalue weighted by atomic mass is 32.2. The third kappa shape index (κ3) is 5.83. The van der Waals surface area contributed by atoms with Crippen LogP contribution < -0.4 is 5.32 Å². The molecule has 0 amide bonds. The van der Waals surface area contributed by atoms with Gasteiger partial charge in [-0.15, -0.1) is 0 Å². The van der Waals surface area contributed by atoms with Gasteiger partial charge >= 0.3 is 0 Å². The minimum Gasteiger partial charge on any atom is -0.313 e. The fraction of sp³-hybridized carbons (Fsp3) is 1.00. The molecule has 0 radical (unpaired) electrons. The zero-order valence-electron chi connectivity index (χ0n) is 10.8. The second-order valence-corrected chi connectivity index (χ2v) is 7.30. The van der Waals surface area contributed by atoms with Crippen LogP contribution in [-0.4, -0.2) is 35.1 Å². The molecule has 1 aliphatic carbocycles. The average molecular weight is 262 g/mol. The fourth-order valence-electron chi connectivity index (χ4n) is 2.35. The van der Waals surface area contributed by atoms with E-state index in [9.17, 15) is 0 Å². The molecular formula is C13H27NS2. The molecule has 1 rings (SSSR count).